The van der Waals surface area contributed by atoms with Gasteiger partial charge in [-0.3, -0.25) is 0 Å². The molecule has 17 heavy (non-hydrogen) atoms. The van der Waals surface area contributed by atoms with Gasteiger partial charge in [-0.05, 0) is 41.5 Å². The molecule has 1 heterocycles. The van der Waals surface area contributed by atoms with E-state index < -0.39 is 0 Å². The Morgan fingerprint density at radius 1 is 1.24 bits per heavy atom. The van der Waals surface area contributed by atoms with Gasteiger partial charge < -0.3 is 10.1 Å². The van der Waals surface area contributed by atoms with Crippen molar-refractivity contribution in [3.63, 3.8) is 0 Å². The van der Waals surface area contributed by atoms with Crippen molar-refractivity contribution >= 4 is 27.1 Å². The van der Waals surface area contributed by atoms with E-state index in [0.717, 1.165) is 26.2 Å². The molecule has 2 rings (SSSR count). The highest BCUT2D eigenvalue weighted by Crippen LogP contribution is 2.23. The molecule has 0 atom stereocenters. The number of ether oxygens (including phenoxy) is 1. The third kappa shape index (κ3) is 3.72. The lowest BCUT2D eigenvalue weighted by Gasteiger charge is -2.07. The van der Waals surface area contributed by atoms with E-state index in [1.165, 1.54) is 22.2 Å². The van der Waals surface area contributed by atoms with Gasteiger partial charge in [0.05, 0.1) is 6.61 Å². The summed E-state index contributed by atoms with van der Waals surface area (Å²) in [5.41, 5.74) is 1.18. The number of rotatable bonds is 7. The second-order valence-electron chi connectivity index (χ2n) is 4.07. The lowest BCUT2D eigenvalue weighted by atomic mass is 10.2. The quantitative estimate of drug-likeness (QED) is 0.745. The van der Waals surface area contributed by atoms with Gasteiger partial charge in [0.15, 0.2) is 0 Å². The van der Waals surface area contributed by atoms with Gasteiger partial charge in [0.2, 0.25) is 0 Å². The molecule has 2 aromatic rings. The van der Waals surface area contributed by atoms with E-state index in [9.17, 15) is 0 Å². The van der Waals surface area contributed by atoms with Crippen LogP contribution in [0.25, 0.3) is 10.1 Å². The van der Waals surface area contributed by atoms with Gasteiger partial charge in [-0.2, -0.15) is 0 Å². The number of nitrogens with one attached hydrogen (secondary N) is 1. The lowest BCUT2D eigenvalue weighted by Crippen LogP contribution is -2.09. The number of hydrogen-bond donors (Lipinski definition) is 1. The highest BCUT2D eigenvalue weighted by Gasteiger charge is 1.96. The molecular weight excluding hydrogens is 230 g/mol. The molecule has 0 spiro atoms. The number of unbranched alkanes of at least 4 members (excludes halogenated alkanes) is 1. The first kappa shape index (κ1) is 12.4. The summed E-state index contributed by atoms with van der Waals surface area (Å²) in [6.07, 6.45) is 2.35. The van der Waals surface area contributed by atoms with E-state index in [-0.39, 0.29) is 0 Å². The van der Waals surface area contributed by atoms with Gasteiger partial charge in [-0.25, -0.2) is 0 Å². The van der Waals surface area contributed by atoms with Crippen LogP contribution in [0.2, 0.25) is 0 Å². The van der Waals surface area contributed by atoms with Gasteiger partial charge >= 0.3 is 0 Å². The Labute approximate surface area is 107 Å². The topological polar surface area (TPSA) is 21.3 Å². The fourth-order valence-corrected chi connectivity index (χ4v) is 2.46. The van der Waals surface area contributed by atoms with Gasteiger partial charge in [-0.1, -0.05) is 13.3 Å². The molecule has 1 aromatic heterocycles. The Hall–Kier alpha value is -1.06. The largest absolute Gasteiger partial charge is 0.383 e. The molecule has 0 fully saturated rings. The van der Waals surface area contributed by atoms with Crippen LogP contribution in [0, 0.1) is 0 Å². The Morgan fingerprint density at radius 2 is 2.18 bits per heavy atom. The van der Waals surface area contributed by atoms with Crippen LogP contribution in [0.3, 0.4) is 0 Å². The van der Waals surface area contributed by atoms with Crippen molar-refractivity contribution in [3.05, 3.63) is 29.6 Å². The van der Waals surface area contributed by atoms with E-state index in [1.807, 2.05) is 0 Å². The molecule has 0 radical (unpaired) electrons. The zero-order valence-electron chi connectivity index (χ0n) is 10.2. The fraction of sp³-hybridized carbons (Fsp3) is 0.429. The van der Waals surface area contributed by atoms with Crippen LogP contribution in [0.15, 0.2) is 29.6 Å². The summed E-state index contributed by atoms with van der Waals surface area (Å²) in [4.78, 5) is 0. The maximum absolute atomic E-state index is 5.51. The van der Waals surface area contributed by atoms with Crippen molar-refractivity contribution in [1.29, 1.82) is 0 Å². The molecule has 0 aliphatic carbocycles. The average molecular weight is 249 g/mol. The molecular formula is C14H19NOS. The van der Waals surface area contributed by atoms with Crippen LogP contribution >= 0.6 is 11.3 Å². The van der Waals surface area contributed by atoms with Crippen molar-refractivity contribution in [2.45, 2.75) is 19.8 Å². The number of anilines is 1. The number of hydrogen-bond acceptors (Lipinski definition) is 3. The van der Waals surface area contributed by atoms with Crippen LogP contribution in [-0.2, 0) is 4.74 Å². The Balaban J connectivity index is 1.75. The second kappa shape index (κ2) is 6.62. The minimum absolute atomic E-state index is 0.779. The molecule has 0 aliphatic heterocycles. The van der Waals surface area contributed by atoms with Crippen molar-refractivity contribution < 1.29 is 4.74 Å². The van der Waals surface area contributed by atoms with Crippen LogP contribution in [0.1, 0.15) is 19.8 Å². The highest BCUT2D eigenvalue weighted by atomic mass is 32.1. The molecule has 0 aliphatic rings. The first-order valence-corrected chi connectivity index (χ1v) is 7.07. The van der Waals surface area contributed by atoms with Crippen molar-refractivity contribution in [2.75, 3.05) is 25.1 Å². The van der Waals surface area contributed by atoms with Crippen LogP contribution in [0.5, 0.6) is 0 Å². The summed E-state index contributed by atoms with van der Waals surface area (Å²) >= 11 is 1.78. The fourth-order valence-electron chi connectivity index (χ4n) is 1.69. The summed E-state index contributed by atoms with van der Waals surface area (Å²) < 4.78 is 6.85. The molecule has 0 saturated carbocycles. The predicted molar refractivity (Wildman–Crippen MR) is 76.0 cm³/mol. The lowest BCUT2D eigenvalue weighted by molar-refractivity contribution is 0.141. The second-order valence-corrected chi connectivity index (χ2v) is 5.01. The van der Waals surface area contributed by atoms with Crippen molar-refractivity contribution in [2.24, 2.45) is 0 Å². The molecule has 0 bridgehead atoms. The molecule has 0 unspecified atom stereocenters. The van der Waals surface area contributed by atoms with Gasteiger partial charge in [0, 0.05) is 23.5 Å². The molecule has 1 aromatic carbocycles. The Morgan fingerprint density at radius 3 is 3.06 bits per heavy atom. The van der Waals surface area contributed by atoms with E-state index in [0.29, 0.717) is 0 Å². The van der Waals surface area contributed by atoms with Crippen molar-refractivity contribution in [3.8, 4) is 0 Å². The van der Waals surface area contributed by atoms with Gasteiger partial charge in [-0.15, -0.1) is 11.3 Å². The maximum atomic E-state index is 5.51. The molecule has 92 valence electrons. The smallest absolute Gasteiger partial charge is 0.0639 e. The van der Waals surface area contributed by atoms with E-state index in [2.05, 4.69) is 41.9 Å². The first-order valence-electron chi connectivity index (χ1n) is 6.19. The molecule has 2 nitrogen and oxygen atoms in total. The number of thiophene rings is 1. The summed E-state index contributed by atoms with van der Waals surface area (Å²) in [6.45, 7) is 4.71. The van der Waals surface area contributed by atoms with Gasteiger partial charge in [0.25, 0.3) is 0 Å². The van der Waals surface area contributed by atoms with Crippen LogP contribution < -0.4 is 5.32 Å². The minimum atomic E-state index is 0.779. The van der Waals surface area contributed by atoms with Crippen LogP contribution in [0.4, 0.5) is 5.69 Å². The summed E-state index contributed by atoms with van der Waals surface area (Å²) in [5, 5.41) is 6.82. The third-order valence-electron chi connectivity index (χ3n) is 2.67. The van der Waals surface area contributed by atoms with E-state index >= 15 is 0 Å². The normalized spacial score (nSPS) is 10.9. The summed E-state index contributed by atoms with van der Waals surface area (Å²) in [7, 11) is 0. The molecule has 3 heteroatoms. The first-order chi connectivity index (χ1) is 8.40. The monoisotopic (exact) mass is 249 g/mol. The number of benzene rings is 1. The summed E-state index contributed by atoms with van der Waals surface area (Å²) in [5.74, 6) is 0. The molecule has 1 N–H and O–H groups in total. The zero-order chi connectivity index (χ0) is 11.9. The zero-order valence-corrected chi connectivity index (χ0v) is 11.1. The summed E-state index contributed by atoms with van der Waals surface area (Å²) in [6, 6.07) is 8.64. The highest BCUT2D eigenvalue weighted by molar-refractivity contribution is 7.17. The van der Waals surface area contributed by atoms with Gasteiger partial charge in [0.1, 0.15) is 0 Å². The van der Waals surface area contributed by atoms with Crippen molar-refractivity contribution in [1.82, 2.24) is 0 Å². The maximum Gasteiger partial charge on any atom is 0.0639 e. The predicted octanol–water partition coefficient (Wildman–Crippen LogP) is 4.13. The number of fused-ring (bicyclic) bond motifs is 1. The Bertz CT molecular complexity index is 452. The van der Waals surface area contributed by atoms with E-state index in [4.69, 9.17) is 4.74 Å². The SMILES string of the molecule is CCCCOCCNc1ccc2sccc2c1. The Kier molecular flexibility index (Phi) is 4.83. The molecule has 0 saturated heterocycles. The molecule has 0 amide bonds. The average Bonchev–Trinajstić information content (AvgIpc) is 2.81. The standard InChI is InChI=1S/C14H19NOS/c1-2-3-8-16-9-7-15-13-4-5-14-12(11-13)6-10-17-14/h4-6,10-11,15H,2-3,7-9H2,1H3. The minimum Gasteiger partial charge on any atom is -0.383 e. The van der Waals surface area contributed by atoms with Crippen LogP contribution in [-0.4, -0.2) is 19.8 Å². The van der Waals surface area contributed by atoms with E-state index in [1.54, 1.807) is 11.3 Å². The third-order valence-corrected chi connectivity index (χ3v) is 3.57.